The predicted molar refractivity (Wildman–Crippen MR) is 124 cm³/mol. The number of aromatic nitrogens is 4. The Labute approximate surface area is 187 Å². The van der Waals surface area contributed by atoms with Gasteiger partial charge in [-0.25, -0.2) is 0 Å². The minimum absolute atomic E-state index is 0.0625. The summed E-state index contributed by atoms with van der Waals surface area (Å²) in [6.07, 6.45) is 0. The molecule has 0 aliphatic carbocycles. The van der Waals surface area contributed by atoms with Crippen molar-refractivity contribution in [2.45, 2.75) is 20.8 Å². The van der Waals surface area contributed by atoms with Gasteiger partial charge in [-0.1, -0.05) is 12.1 Å². The number of nitrogens with one attached hydrogen (secondary N) is 3. The number of primary amides is 1. The summed E-state index contributed by atoms with van der Waals surface area (Å²) in [5, 5.41) is 9.46. The lowest BCUT2D eigenvalue weighted by molar-refractivity contribution is 0.0996. The SMILES string of the molecule is Cc1cccc(-n2c(=S)[nH]c3cc(C(=O)Nc4c(C(N)=O)n[nH]c4C)ccc3c2=O)c1C. The van der Waals surface area contributed by atoms with Crippen LogP contribution < -0.4 is 16.6 Å². The van der Waals surface area contributed by atoms with E-state index in [1.807, 2.05) is 32.0 Å². The second-order valence-electron chi connectivity index (χ2n) is 7.44. The van der Waals surface area contributed by atoms with E-state index in [9.17, 15) is 14.4 Å². The van der Waals surface area contributed by atoms with E-state index >= 15 is 0 Å². The van der Waals surface area contributed by atoms with Crippen LogP contribution in [0.3, 0.4) is 0 Å². The number of amides is 2. The number of anilines is 1. The van der Waals surface area contributed by atoms with Crippen LogP contribution in [-0.4, -0.2) is 31.6 Å². The van der Waals surface area contributed by atoms with Gasteiger partial charge < -0.3 is 16.0 Å². The van der Waals surface area contributed by atoms with Crippen molar-refractivity contribution < 1.29 is 9.59 Å². The van der Waals surface area contributed by atoms with E-state index in [1.165, 1.54) is 16.7 Å². The molecule has 0 aliphatic rings. The average molecular weight is 449 g/mol. The largest absolute Gasteiger partial charge is 0.364 e. The van der Waals surface area contributed by atoms with E-state index in [1.54, 1.807) is 13.0 Å². The van der Waals surface area contributed by atoms with Crippen molar-refractivity contribution in [3.05, 3.63) is 79.6 Å². The zero-order chi connectivity index (χ0) is 23.2. The molecule has 0 bridgehead atoms. The first kappa shape index (κ1) is 21.2. The summed E-state index contributed by atoms with van der Waals surface area (Å²) in [7, 11) is 0. The summed E-state index contributed by atoms with van der Waals surface area (Å²) in [5.74, 6) is -1.25. The van der Waals surface area contributed by atoms with Gasteiger partial charge in [0.1, 0.15) is 0 Å². The molecule has 0 spiro atoms. The van der Waals surface area contributed by atoms with Crippen LogP contribution in [0.25, 0.3) is 16.6 Å². The van der Waals surface area contributed by atoms with Gasteiger partial charge in [0.15, 0.2) is 10.5 Å². The minimum Gasteiger partial charge on any atom is -0.364 e. The molecule has 0 radical (unpaired) electrons. The number of benzene rings is 2. The van der Waals surface area contributed by atoms with Gasteiger partial charge in [0, 0.05) is 5.56 Å². The monoisotopic (exact) mass is 448 g/mol. The smallest absolute Gasteiger partial charge is 0.271 e. The molecule has 4 aromatic rings. The number of hydrogen-bond donors (Lipinski definition) is 4. The molecule has 162 valence electrons. The second-order valence-corrected chi connectivity index (χ2v) is 7.83. The molecule has 2 aromatic heterocycles. The van der Waals surface area contributed by atoms with Crippen LogP contribution in [0.1, 0.15) is 37.7 Å². The van der Waals surface area contributed by atoms with Crippen molar-refractivity contribution in [1.82, 2.24) is 19.7 Å². The Kier molecular flexibility index (Phi) is 5.23. The molecule has 5 N–H and O–H groups in total. The van der Waals surface area contributed by atoms with Gasteiger partial charge in [-0.15, -0.1) is 0 Å². The van der Waals surface area contributed by atoms with Crippen LogP contribution in [0.5, 0.6) is 0 Å². The lowest BCUT2D eigenvalue weighted by atomic mass is 10.1. The molecule has 2 aromatic carbocycles. The number of nitrogens with zero attached hydrogens (tertiary/aromatic N) is 2. The van der Waals surface area contributed by atoms with Gasteiger partial charge in [-0.3, -0.25) is 24.0 Å². The summed E-state index contributed by atoms with van der Waals surface area (Å²) in [6, 6.07) is 10.3. The number of carbonyl (C=O) groups is 2. The van der Waals surface area contributed by atoms with E-state index in [0.717, 1.165) is 11.1 Å². The lowest BCUT2D eigenvalue weighted by Gasteiger charge is -2.13. The van der Waals surface area contributed by atoms with Crippen LogP contribution in [0.4, 0.5) is 5.69 Å². The van der Waals surface area contributed by atoms with Gasteiger partial charge in [-0.05, 0) is 68.4 Å². The highest BCUT2D eigenvalue weighted by Gasteiger charge is 2.19. The van der Waals surface area contributed by atoms with Crippen LogP contribution in [0.15, 0.2) is 41.2 Å². The Morgan fingerprint density at radius 3 is 2.62 bits per heavy atom. The van der Waals surface area contributed by atoms with Crippen molar-refractivity contribution >= 4 is 40.6 Å². The summed E-state index contributed by atoms with van der Waals surface area (Å²) in [5.41, 5.74) is 9.04. The molecule has 4 rings (SSSR count). The first-order valence-electron chi connectivity index (χ1n) is 9.71. The van der Waals surface area contributed by atoms with E-state index in [4.69, 9.17) is 18.0 Å². The number of nitrogens with two attached hydrogens (primary N) is 1. The third-order valence-corrected chi connectivity index (χ3v) is 5.68. The Bertz CT molecular complexity index is 1530. The molecule has 10 heteroatoms. The van der Waals surface area contributed by atoms with Crippen molar-refractivity contribution in [1.29, 1.82) is 0 Å². The van der Waals surface area contributed by atoms with Crippen molar-refractivity contribution in [3.8, 4) is 5.69 Å². The summed E-state index contributed by atoms with van der Waals surface area (Å²) >= 11 is 5.46. The molecular formula is C22H20N6O3S. The van der Waals surface area contributed by atoms with Crippen LogP contribution in [0.2, 0.25) is 0 Å². The molecule has 9 nitrogen and oxygen atoms in total. The van der Waals surface area contributed by atoms with Crippen LogP contribution in [0, 0.1) is 25.5 Å². The van der Waals surface area contributed by atoms with Gasteiger partial charge in [0.2, 0.25) is 0 Å². The van der Waals surface area contributed by atoms with Gasteiger partial charge in [0.05, 0.1) is 28.0 Å². The summed E-state index contributed by atoms with van der Waals surface area (Å²) in [4.78, 5) is 40.6. The van der Waals surface area contributed by atoms with E-state index in [-0.39, 0.29) is 27.3 Å². The Hall–Kier alpha value is -4.05. The normalized spacial score (nSPS) is 11.0. The average Bonchev–Trinajstić information content (AvgIpc) is 3.11. The minimum atomic E-state index is -0.765. The van der Waals surface area contributed by atoms with Crippen LogP contribution in [-0.2, 0) is 0 Å². The van der Waals surface area contributed by atoms with Crippen molar-refractivity contribution in [3.63, 3.8) is 0 Å². The first-order chi connectivity index (χ1) is 15.2. The van der Waals surface area contributed by atoms with Crippen molar-refractivity contribution in [2.24, 2.45) is 5.73 Å². The number of fused-ring (bicyclic) bond motifs is 1. The third kappa shape index (κ3) is 3.50. The fraction of sp³-hybridized carbons (Fsp3) is 0.136. The fourth-order valence-electron chi connectivity index (χ4n) is 3.50. The first-order valence-corrected chi connectivity index (χ1v) is 10.1. The number of carbonyl (C=O) groups excluding carboxylic acids is 2. The molecule has 0 saturated carbocycles. The third-order valence-electron chi connectivity index (χ3n) is 5.40. The number of rotatable bonds is 4. The standard InChI is InChI=1S/C22H20N6O3S/c1-10-5-4-6-16(11(10)2)28-21(31)14-8-7-13(9-15(14)24-22(28)32)20(30)25-17-12(3)26-27-18(17)19(23)29/h4-9H,1-3H3,(H2,23,29)(H,24,32)(H,25,30)(H,26,27). The number of H-pyrrole nitrogens is 2. The quantitative estimate of drug-likeness (QED) is 0.355. The molecule has 0 unspecified atom stereocenters. The molecule has 0 atom stereocenters. The maximum absolute atomic E-state index is 13.2. The molecule has 2 heterocycles. The van der Waals surface area contributed by atoms with E-state index < -0.39 is 11.8 Å². The molecule has 0 fully saturated rings. The topological polar surface area (TPSA) is 139 Å². The van der Waals surface area contributed by atoms with Crippen LogP contribution >= 0.6 is 12.2 Å². The highest BCUT2D eigenvalue weighted by Crippen LogP contribution is 2.21. The number of aryl methyl sites for hydroxylation is 2. The fourth-order valence-corrected chi connectivity index (χ4v) is 3.79. The molecule has 2 amide bonds. The Morgan fingerprint density at radius 2 is 1.91 bits per heavy atom. The second kappa shape index (κ2) is 7.89. The Morgan fingerprint density at radius 1 is 1.16 bits per heavy atom. The molecular weight excluding hydrogens is 428 g/mol. The lowest BCUT2D eigenvalue weighted by Crippen LogP contribution is -2.22. The zero-order valence-electron chi connectivity index (χ0n) is 17.6. The summed E-state index contributed by atoms with van der Waals surface area (Å²) < 4.78 is 1.67. The zero-order valence-corrected chi connectivity index (χ0v) is 18.4. The van der Waals surface area contributed by atoms with Gasteiger partial charge in [0.25, 0.3) is 17.4 Å². The van der Waals surface area contributed by atoms with Crippen molar-refractivity contribution in [2.75, 3.05) is 5.32 Å². The van der Waals surface area contributed by atoms with Gasteiger partial charge >= 0.3 is 0 Å². The van der Waals surface area contributed by atoms with E-state index in [2.05, 4.69) is 20.5 Å². The number of aromatic amines is 2. The maximum atomic E-state index is 13.2. The Balaban J connectivity index is 1.78. The highest BCUT2D eigenvalue weighted by atomic mass is 32.1. The van der Waals surface area contributed by atoms with E-state index in [0.29, 0.717) is 22.3 Å². The van der Waals surface area contributed by atoms with Gasteiger partial charge in [-0.2, -0.15) is 5.10 Å². The molecule has 0 aliphatic heterocycles. The molecule has 0 saturated heterocycles. The maximum Gasteiger partial charge on any atom is 0.271 e. The highest BCUT2D eigenvalue weighted by molar-refractivity contribution is 7.71. The number of hydrogen-bond acceptors (Lipinski definition) is 5. The molecule has 32 heavy (non-hydrogen) atoms. The summed E-state index contributed by atoms with van der Waals surface area (Å²) in [6.45, 7) is 5.55. The predicted octanol–water partition coefficient (Wildman–Crippen LogP) is 3.05.